The lowest BCUT2D eigenvalue weighted by Crippen LogP contribution is -2.02. The highest BCUT2D eigenvalue weighted by molar-refractivity contribution is 7.84. The molecule has 0 saturated carbocycles. The van der Waals surface area contributed by atoms with Gasteiger partial charge in [0, 0.05) is 0 Å². The normalized spacial score (nSPS) is 15.1. The van der Waals surface area contributed by atoms with E-state index in [4.69, 9.17) is 5.73 Å². The largest absolute Gasteiger partial charge is 0.398 e. The van der Waals surface area contributed by atoms with Gasteiger partial charge < -0.3 is 5.73 Å². The summed E-state index contributed by atoms with van der Waals surface area (Å²) < 4.78 is 12.5. The van der Waals surface area contributed by atoms with Crippen molar-refractivity contribution in [1.82, 2.24) is 0 Å². The van der Waals surface area contributed by atoms with Crippen molar-refractivity contribution in [2.75, 3.05) is 5.73 Å². The zero-order valence-corrected chi connectivity index (χ0v) is 12.5. The average molecular weight is 285 g/mol. The Morgan fingerprint density at radius 1 is 1.15 bits per heavy atom. The van der Waals surface area contributed by atoms with Gasteiger partial charge in [-0.2, -0.15) is 0 Å². The second-order valence-electron chi connectivity index (χ2n) is 5.43. The Kier molecular flexibility index (Phi) is 3.62. The lowest BCUT2D eigenvalue weighted by molar-refractivity contribution is 0.683. The van der Waals surface area contributed by atoms with Gasteiger partial charge in [0.2, 0.25) is 0 Å². The van der Waals surface area contributed by atoms with Crippen molar-refractivity contribution in [2.24, 2.45) is 0 Å². The van der Waals surface area contributed by atoms with Gasteiger partial charge in [-0.25, -0.2) is 0 Å². The summed E-state index contributed by atoms with van der Waals surface area (Å²) in [6.45, 7) is 1.95. The van der Waals surface area contributed by atoms with Crippen LogP contribution in [0.2, 0.25) is 0 Å². The summed E-state index contributed by atoms with van der Waals surface area (Å²) in [5.74, 6) is 0.543. The molecule has 20 heavy (non-hydrogen) atoms. The molecule has 1 unspecified atom stereocenters. The summed E-state index contributed by atoms with van der Waals surface area (Å²) in [5, 5.41) is 0. The maximum absolute atomic E-state index is 12.5. The molecule has 104 valence electrons. The number of aryl methyl sites for hydroxylation is 3. The molecule has 1 aliphatic carbocycles. The number of anilines is 1. The molecule has 0 fully saturated rings. The molecule has 1 atom stereocenters. The number of para-hydroxylation sites is 1. The van der Waals surface area contributed by atoms with Crippen molar-refractivity contribution in [3.05, 3.63) is 58.7 Å². The smallest absolute Gasteiger partial charge is 0.0623 e. The van der Waals surface area contributed by atoms with E-state index in [9.17, 15) is 4.21 Å². The minimum absolute atomic E-state index is 0.543. The molecule has 0 amide bonds. The van der Waals surface area contributed by atoms with Crippen molar-refractivity contribution in [3.8, 4) is 0 Å². The lowest BCUT2D eigenvalue weighted by Gasteiger charge is -2.09. The van der Waals surface area contributed by atoms with Crippen LogP contribution < -0.4 is 5.73 Å². The summed E-state index contributed by atoms with van der Waals surface area (Å²) in [6, 6.07) is 12.2. The fraction of sp³-hybridized carbons (Fsp3) is 0.294. The van der Waals surface area contributed by atoms with Crippen LogP contribution in [0.1, 0.15) is 28.7 Å². The summed E-state index contributed by atoms with van der Waals surface area (Å²) >= 11 is 0. The number of hydrogen-bond acceptors (Lipinski definition) is 2. The van der Waals surface area contributed by atoms with Gasteiger partial charge in [0.15, 0.2) is 0 Å². The number of nitrogen functional groups attached to an aromatic ring is 1. The molecule has 0 heterocycles. The molecule has 2 nitrogen and oxygen atoms in total. The Labute approximate surface area is 122 Å². The fourth-order valence-electron chi connectivity index (χ4n) is 2.80. The van der Waals surface area contributed by atoms with Crippen LogP contribution >= 0.6 is 0 Å². The van der Waals surface area contributed by atoms with Gasteiger partial charge in [-0.3, -0.25) is 4.21 Å². The molecule has 2 N–H and O–H groups in total. The maximum Gasteiger partial charge on any atom is 0.0623 e. The topological polar surface area (TPSA) is 43.1 Å². The zero-order valence-electron chi connectivity index (χ0n) is 11.7. The van der Waals surface area contributed by atoms with E-state index in [0.29, 0.717) is 11.4 Å². The zero-order chi connectivity index (χ0) is 14.1. The maximum atomic E-state index is 12.5. The predicted molar refractivity (Wildman–Crippen MR) is 84.2 cm³/mol. The molecule has 3 rings (SSSR count). The Balaban J connectivity index is 1.84. The third kappa shape index (κ3) is 2.50. The molecule has 0 bridgehead atoms. The molecule has 0 aliphatic heterocycles. The Bertz CT molecular complexity index is 679. The molecule has 0 aromatic heterocycles. The summed E-state index contributed by atoms with van der Waals surface area (Å²) in [5.41, 5.74) is 11.7. The highest BCUT2D eigenvalue weighted by atomic mass is 32.2. The molecular formula is C17H19NOS. The van der Waals surface area contributed by atoms with Gasteiger partial charge in [-0.15, -0.1) is 0 Å². The predicted octanol–water partition coefficient (Wildman–Crippen LogP) is 3.37. The van der Waals surface area contributed by atoms with Gasteiger partial charge >= 0.3 is 0 Å². The van der Waals surface area contributed by atoms with Gasteiger partial charge in [-0.1, -0.05) is 30.3 Å². The van der Waals surface area contributed by atoms with Crippen LogP contribution in [0, 0.1) is 6.92 Å². The van der Waals surface area contributed by atoms with E-state index >= 15 is 0 Å². The minimum atomic E-state index is -1.08. The molecule has 0 saturated heterocycles. The first-order valence-corrected chi connectivity index (χ1v) is 8.31. The quantitative estimate of drug-likeness (QED) is 0.879. The second kappa shape index (κ2) is 5.41. The Morgan fingerprint density at radius 2 is 1.95 bits per heavy atom. The van der Waals surface area contributed by atoms with Crippen LogP contribution in [0.5, 0.6) is 0 Å². The van der Waals surface area contributed by atoms with Gasteiger partial charge in [0.1, 0.15) is 0 Å². The number of fused-ring (bicyclic) bond motifs is 1. The van der Waals surface area contributed by atoms with Crippen LogP contribution in [-0.2, 0) is 29.4 Å². The highest BCUT2D eigenvalue weighted by Crippen LogP contribution is 2.26. The van der Waals surface area contributed by atoms with Crippen LogP contribution in [0.25, 0.3) is 0 Å². The second-order valence-corrected chi connectivity index (χ2v) is 6.85. The van der Waals surface area contributed by atoms with E-state index in [1.54, 1.807) is 0 Å². The first kappa shape index (κ1) is 13.4. The van der Waals surface area contributed by atoms with Crippen LogP contribution in [0.3, 0.4) is 0 Å². The van der Waals surface area contributed by atoms with Crippen molar-refractivity contribution in [1.29, 1.82) is 0 Å². The average Bonchev–Trinajstić information content (AvgIpc) is 2.89. The lowest BCUT2D eigenvalue weighted by atomic mass is 10.1. The summed E-state index contributed by atoms with van der Waals surface area (Å²) in [6.07, 6.45) is 3.58. The van der Waals surface area contributed by atoms with Gasteiger partial charge in [0.05, 0.1) is 27.1 Å². The van der Waals surface area contributed by atoms with Gasteiger partial charge in [0.25, 0.3) is 0 Å². The Hall–Kier alpha value is -1.61. The molecule has 2 aromatic rings. The fourth-order valence-corrected chi connectivity index (χ4v) is 4.07. The van der Waals surface area contributed by atoms with Gasteiger partial charge in [-0.05, 0) is 54.5 Å². The third-order valence-electron chi connectivity index (χ3n) is 3.99. The molecule has 0 spiro atoms. The number of nitrogens with two attached hydrogens (primary N) is 1. The van der Waals surface area contributed by atoms with Crippen LogP contribution in [0.4, 0.5) is 5.69 Å². The van der Waals surface area contributed by atoms with E-state index in [1.165, 1.54) is 24.0 Å². The van der Waals surface area contributed by atoms with Crippen molar-refractivity contribution in [3.63, 3.8) is 0 Å². The third-order valence-corrected chi connectivity index (χ3v) is 5.43. The Morgan fingerprint density at radius 3 is 2.80 bits per heavy atom. The van der Waals surface area contributed by atoms with Crippen molar-refractivity contribution >= 4 is 16.5 Å². The molecule has 0 radical (unpaired) electrons. The number of rotatable bonds is 3. The van der Waals surface area contributed by atoms with Crippen molar-refractivity contribution in [2.45, 2.75) is 36.8 Å². The molecular weight excluding hydrogens is 266 g/mol. The monoisotopic (exact) mass is 285 g/mol. The van der Waals surface area contributed by atoms with Crippen molar-refractivity contribution < 1.29 is 4.21 Å². The van der Waals surface area contributed by atoms with E-state index in [1.807, 2.05) is 25.1 Å². The first-order chi connectivity index (χ1) is 9.65. The van der Waals surface area contributed by atoms with Crippen LogP contribution in [-0.4, -0.2) is 4.21 Å². The minimum Gasteiger partial charge on any atom is -0.398 e. The van der Waals surface area contributed by atoms with E-state index in [0.717, 1.165) is 22.4 Å². The SMILES string of the molecule is Cc1cccc(S(=O)Cc2ccc3c(c2)CCC3)c1N. The number of benzene rings is 2. The summed E-state index contributed by atoms with van der Waals surface area (Å²) in [7, 11) is -1.08. The first-order valence-electron chi connectivity index (χ1n) is 6.99. The van der Waals surface area contributed by atoms with E-state index < -0.39 is 10.8 Å². The number of hydrogen-bond donors (Lipinski definition) is 1. The van der Waals surface area contributed by atoms with E-state index in [2.05, 4.69) is 18.2 Å². The summed E-state index contributed by atoms with van der Waals surface area (Å²) in [4.78, 5) is 0.755. The molecule has 2 aromatic carbocycles. The van der Waals surface area contributed by atoms with Crippen LogP contribution in [0.15, 0.2) is 41.3 Å². The molecule has 1 aliphatic rings. The molecule has 3 heteroatoms. The van der Waals surface area contributed by atoms with E-state index in [-0.39, 0.29) is 0 Å². The standard InChI is InChI=1S/C17H19NOS/c1-12-4-2-7-16(17(12)18)20(19)11-13-8-9-14-5-3-6-15(14)10-13/h2,4,7-10H,3,5-6,11,18H2,1H3. The highest BCUT2D eigenvalue weighted by Gasteiger charge is 2.14.